The largest absolute Gasteiger partial charge is 0.458 e. The van der Waals surface area contributed by atoms with Gasteiger partial charge in [0.15, 0.2) is 11.2 Å². The minimum atomic E-state index is -1.89. The molecule has 0 saturated heterocycles. The number of aliphatic hydroxyl groups excluding tert-OH is 1. The van der Waals surface area contributed by atoms with Gasteiger partial charge in [0.1, 0.15) is 24.8 Å². The molecule has 0 bridgehead atoms. The van der Waals surface area contributed by atoms with Crippen LogP contribution in [0.3, 0.4) is 0 Å². The normalized spacial score (nSPS) is 18.2. The molecule has 4 aliphatic heterocycles. The minimum absolute atomic E-state index is 0. The van der Waals surface area contributed by atoms with Crippen molar-refractivity contribution >= 4 is 49.7 Å². The Kier molecular flexibility index (Phi) is 14.0. The van der Waals surface area contributed by atoms with Gasteiger partial charge in [0.2, 0.25) is 0 Å². The Hall–Kier alpha value is -5.68. The van der Waals surface area contributed by atoms with Crippen LogP contribution in [0.15, 0.2) is 46.0 Å². The third kappa shape index (κ3) is 7.86. The molecule has 2 atom stereocenters. The van der Waals surface area contributed by atoms with Crippen LogP contribution in [0.1, 0.15) is 123 Å². The third-order valence-electron chi connectivity index (χ3n) is 13.8. The van der Waals surface area contributed by atoms with Gasteiger partial charge in [-0.05, 0) is 112 Å². The number of hydrogen-bond donors (Lipinski definition) is 3. The zero-order chi connectivity index (χ0) is 47.0. The molecule has 0 aliphatic carbocycles. The number of cyclic esters (lactones) is 2. The number of pyridine rings is 4. The van der Waals surface area contributed by atoms with Crippen LogP contribution in [-0.4, -0.2) is 58.3 Å². The molecular formula is C52H57BrF2N4O9. The number of aryl methyl sites for hydroxylation is 4. The van der Waals surface area contributed by atoms with E-state index in [9.17, 15) is 43.3 Å². The Morgan fingerprint density at radius 3 is 1.44 bits per heavy atom. The summed E-state index contributed by atoms with van der Waals surface area (Å²) in [6.45, 7) is 7.14. The second kappa shape index (κ2) is 19.0. The molecule has 13 nitrogen and oxygen atoms in total. The second-order valence-corrected chi connectivity index (χ2v) is 18.4. The third-order valence-corrected chi connectivity index (χ3v) is 14.4. The number of carbonyl (C=O) groups excluding carboxylic acids is 2. The minimum Gasteiger partial charge on any atom is -0.458 e. The highest BCUT2D eigenvalue weighted by atomic mass is 79.9. The first-order valence-electron chi connectivity index (χ1n) is 22.3. The molecule has 0 fully saturated rings. The van der Waals surface area contributed by atoms with Crippen molar-refractivity contribution < 1.29 is 43.2 Å². The highest BCUT2D eigenvalue weighted by molar-refractivity contribution is 9.09. The Balaban J connectivity index is 0.000000196. The van der Waals surface area contributed by atoms with E-state index in [0.29, 0.717) is 76.4 Å². The number of alkyl halides is 1. The van der Waals surface area contributed by atoms with Crippen LogP contribution in [0.25, 0.3) is 44.6 Å². The SMILES string of the molecule is C.C.CC[C@@]1(O)C(=O)OCc2c1cc1n(c2=O)Cc2c-1nc1cc(F)c(C)cc1c2CCCCBr.CC[C@@]1(O)C(=O)OCc2c1cc1n(c2=O)Cc2c-1nc1cc(F)c(C)cc1c2CCCCO. The molecule has 3 N–H and O–H groups in total. The van der Waals surface area contributed by atoms with E-state index < -0.39 is 23.1 Å². The van der Waals surface area contributed by atoms with E-state index >= 15 is 0 Å². The van der Waals surface area contributed by atoms with Gasteiger partial charge >= 0.3 is 11.9 Å². The van der Waals surface area contributed by atoms with Gasteiger partial charge in [-0.1, -0.05) is 44.6 Å². The summed E-state index contributed by atoms with van der Waals surface area (Å²) in [5.41, 5.74) is 4.87. The van der Waals surface area contributed by atoms with Crippen molar-refractivity contribution in [3.63, 3.8) is 0 Å². The maximum Gasteiger partial charge on any atom is 0.343 e. The number of nitrogens with zero attached hydrogens (tertiary/aromatic N) is 4. The Morgan fingerprint density at radius 1 is 0.647 bits per heavy atom. The second-order valence-electron chi connectivity index (χ2n) is 17.6. The number of esters is 2. The quantitative estimate of drug-likeness (QED) is 0.0680. The lowest BCUT2D eigenvalue weighted by atomic mass is 9.86. The fourth-order valence-electron chi connectivity index (χ4n) is 9.96. The van der Waals surface area contributed by atoms with Crippen molar-refractivity contribution in [2.45, 2.75) is 131 Å². The van der Waals surface area contributed by atoms with E-state index in [2.05, 4.69) is 15.9 Å². The van der Waals surface area contributed by atoms with Gasteiger partial charge in [0.05, 0.1) is 58.0 Å². The van der Waals surface area contributed by atoms with Gasteiger partial charge in [-0.15, -0.1) is 0 Å². The van der Waals surface area contributed by atoms with Gasteiger partial charge < -0.3 is 33.9 Å². The number of ether oxygens (including phenoxy) is 2. The summed E-state index contributed by atoms with van der Waals surface area (Å²) in [6, 6.07) is 9.81. The molecular weight excluding hydrogens is 942 g/mol. The highest BCUT2D eigenvalue weighted by Gasteiger charge is 2.47. The smallest absolute Gasteiger partial charge is 0.343 e. The average Bonchev–Trinajstić information content (AvgIpc) is 3.86. The zero-order valence-electron chi connectivity index (χ0n) is 37.1. The highest BCUT2D eigenvalue weighted by Crippen LogP contribution is 2.43. The predicted molar refractivity (Wildman–Crippen MR) is 259 cm³/mol. The molecule has 360 valence electrons. The molecule has 0 amide bonds. The summed E-state index contributed by atoms with van der Waals surface area (Å²) in [4.78, 5) is 61.0. The van der Waals surface area contributed by atoms with Crippen LogP contribution in [0.2, 0.25) is 0 Å². The number of unbranched alkanes of at least 4 members (excludes halogenated alkanes) is 2. The fraction of sp³-hybridized carbons (Fsp3) is 0.423. The number of halogens is 3. The lowest BCUT2D eigenvalue weighted by Gasteiger charge is -2.31. The van der Waals surface area contributed by atoms with Gasteiger partial charge in [-0.25, -0.2) is 28.3 Å². The molecule has 10 rings (SSSR count). The van der Waals surface area contributed by atoms with Crippen molar-refractivity contribution in [1.29, 1.82) is 0 Å². The summed E-state index contributed by atoms with van der Waals surface area (Å²) < 4.78 is 42.3. The zero-order valence-corrected chi connectivity index (χ0v) is 38.7. The van der Waals surface area contributed by atoms with E-state index in [1.54, 1.807) is 55.0 Å². The predicted octanol–water partition coefficient (Wildman–Crippen LogP) is 8.36. The van der Waals surface area contributed by atoms with Crippen molar-refractivity contribution in [2.75, 3.05) is 11.9 Å². The maximum absolute atomic E-state index is 14.4. The number of carbonyl (C=O) groups is 2. The lowest BCUT2D eigenvalue weighted by molar-refractivity contribution is -0.172. The molecule has 8 heterocycles. The van der Waals surface area contributed by atoms with Crippen LogP contribution in [0.5, 0.6) is 0 Å². The van der Waals surface area contributed by atoms with Crippen molar-refractivity contribution in [3.05, 3.63) is 124 Å². The molecule has 0 unspecified atom stereocenters. The summed E-state index contributed by atoms with van der Waals surface area (Å²) in [5, 5.41) is 33.9. The van der Waals surface area contributed by atoms with Gasteiger partial charge in [-0.3, -0.25) is 9.59 Å². The van der Waals surface area contributed by atoms with Crippen LogP contribution >= 0.6 is 15.9 Å². The summed E-state index contributed by atoms with van der Waals surface area (Å²) in [7, 11) is 0. The summed E-state index contributed by atoms with van der Waals surface area (Å²) in [5.74, 6) is -2.21. The molecule has 2 aromatic carbocycles. The number of aliphatic hydroxyl groups is 3. The molecule has 0 radical (unpaired) electrons. The standard InChI is InChI=1S/C25H24BrFN2O4.C25H25FN2O5.2CH4/c1-3-25(32)18-9-21-22-16(11-29(21)23(30)17(18)12-33-24(25)31)14(6-4-5-7-26)15-8-13(2)19(27)10-20(15)28-22;1-3-25(32)18-9-21-22-16(11-28(21)23(30)17(18)12-33-24(25)31)14(6-4-5-7-29)15-8-13(2)19(26)10-20(15)27-22;;/h8-10,32H,3-7,11-12H2,1-2H3;8-10,29,32H,3-7,11-12H2,1-2H3;2*1H4/t2*25-;;/m00../s1. The average molecular weight is 1000 g/mol. The first-order valence-corrected chi connectivity index (χ1v) is 23.5. The van der Waals surface area contributed by atoms with E-state index in [-0.39, 0.29) is 87.0 Å². The van der Waals surface area contributed by atoms with E-state index in [4.69, 9.17) is 19.4 Å². The van der Waals surface area contributed by atoms with E-state index in [1.807, 2.05) is 6.07 Å². The first kappa shape index (κ1) is 50.2. The van der Waals surface area contributed by atoms with Gasteiger partial charge in [0, 0.05) is 57.1 Å². The van der Waals surface area contributed by atoms with Crippen LogP contribution < -0.4 is 11.1 Å². The van der Waals surface area contributed by atoms with E-state index in [1.165, 1.54) is 12.1 Å². The summed E-state index contributed by atoms with van der Waals surface area (Å²) in [6.07, 6.45) is 4.87. The van der Waals surface area contributed by atoms with Gasteiger partial charge in [-0.2, -0.15) is 0 Å². The first-order chi connectivity index (χ1) is 31.6. The Labute approximate surface area is 400 Å². The molecule has 4 aliphatic rings. The monoisotopic (exact) mass is 998 g/mol. The molecule has 16 heteroatoms. The van der Waals surface area contributed by atoms with Crippen molar-refractivity contribution in [2.24, 2.45) is 0 Å². The van der Waals surface area contributed by atoms with Crippen LogP contribution in [0, 0.1) is 25.5 Å². The molecule has 6 aromatic rings. The topological polar surface area (TPSA) is 183 Å². The van der Waals surface area contributed by atoms with Crippen LogP contribution in [0.4, 0.5) is 8.78 Å². The number of benzene rings is 2. The maximum atomic E-state index is 14.4. The van der Waals surface area contributed by atoms with Crippen molar-refractivity contribution in [3.8, 4) is 22.8 Å². The van der Waals surface area contributed by atoms with Crippen molar-refractivity contribution in [1.82, 2.24) is 19.1 Å². The van der Waals surface area contributed by atoms with E-state index in [0.717, 1.165) is 64.0 Å². The molecule has 4 aromatic heterocycles. The summed E-state index contributed by atoms with van der Waals surface area (Å²) >= 11 is 3.48. The molecule has 68 heavy (non-hydrogen) atoms. The number of aromatic nitrogens is 4. The number of rotatable bonds is 10. The number of hydrogen-bond acceptors (Lipinski definition) is 11. The fourth-order valence-corrected chi connectivity index (χ4v) is 10.4. The molecule has 0 spiro atoms. The van der Waals surface area contributed by atoms with Crippen LogP contribution in [-0.2, 0) is 69.4 Å². The Bertz CT molecular complexity index is 2980. The molecule has 0 saturated carbocycles. The Morgan fingerprint density at radius 2 is 1.06 bits per heavy atom. The number of fused-ring (bicyclic) bond motifs is 10. The lowest BCUT2D eigenvalue weighted by Crippen LogP contribution is -2.44. The van der Waals surface area contributed by atoms with Gasteiger partial charge in [0.25, 0.3) is 11.1 Å².